The number of Topliss-reactive ketones (excluding diaryl/α,β-unsaturated/α-hetero) is 1. The first-order chi connectivity index (χ1) is 17.9. The van der Waals surface area contributed by atoms with Gasteiger partial charge in [0.25, 0.3) is 0 Å². The molecule has 5 rings (SSSR count). The van der Waals surface area contributed by atoms with Gasteiger partial charge in [0.1, 0.15) is 12.1 Å². The zero-order chi connectivity index (χ0) is 25.8. The number of carbonyl (C=O) groups excluding carboxylic acids is 1. The van der Waals surface area contributed by atoms with E-state index in [2.05, 4.69) is 20.2 Å². The lowest BCUT2D eigenvalue weighted by atomic mass is 9.99. The summed E-state index contributed by atoms with van der Waals surface area (Å²) in [6.45, 7) is 3.34. The summed E-state index contributed by atoms with van der Waals surface area (Å²) in [5.41, 5.74) is 0.660. The van der Waals surface area contributed by atoms with Crippen LogP contribution in [0.25, 0.3) is 10.9 Å². The number of rotatable bonds is 9. The molecule has 2 unspecified atom stereocenters. The zero-order valence-electron chi connectivity index (χ0n) is 20.3. The molecular formula is C27H29F3N4O3. The molecular weight excluding hydrogens is 485 g/mol. The van der Waals surface area contributed by atoms with Crippen LogP contribution in [0.3, 0.4) is 0 Å². The van der Waals surface area contributed by atoms with Gasteiger partial charge in [-0.25, -0.2) is 9.97 Å². The van der Waals surface area contributed by atoms with E-state index in [-0.39, 0.29) is 35.6 Å². The van der Waals surface area contributed by atoms with Crippen LogP contribution in [0.2, 0.25) is 0 Å². The zero-order valence-corrected chi connectivity index (χ0v) is 20.3. The smallest absolute Gasteiger partial charge is 0.380 e. The van der Waals surface area contributed by atoms with Crippen LogP contribution in [-0.2, 0) is 27.1 Å². The summed E-state index contributed by atoms with van der Waals surface area (Å²) in [5.74, 6) is 0.164. The molecule has 0 radical (unpaired) electrons. The van der Waals surface area contributed by atoms with Crippen molar-refractivity contribution in [2.45, 2.75) is 37.8 Å². The lowest BCUT2D eigenvalue weighted by molar-refractivity contribution is -0.137. The van der Waals surface area contributed by atoms with Crippen LogP contribution < -0.4 is 5.32 Å². The Bertz CT molecular complexity index is 1220. The second-order valence-corrected chi connectivity index (χ2v) is 9.61. The Hall–Kier alpha value is -3.08. The molecule has 3 aromatic rings. The highest BCUT2D eigenvalue weighted by Crippen LogP contribution is 2.33. The number of carbonyl (C=O) groups is 1. The number of hydrogen-bond acceptors (Lipinski definition) is 7. The predicted molar refractivity (Wildman–Crippen MR) is 132 cm³/mol. The maximum atomic E-state index is 13.2. The second kappa shape index (κ2) is 11.1. The SMILES string of the molecule is O=C(CNc1ncnc2ccc(C(F)(F)F)cc12)CC1CN(C2CCOC2)C[C@@H]1OCc1ccccc1. The monoisotopic (exact) mass is 514 g/mol. The van der Waals surface area contributed by atoms with E-state index in [1.807, 2.05) is 30.3 Å². The fourth-order valence-corrected chi connectivity index (χ4v) is 5.06. The largest absolute Gasteiger partial charge is 0.416 e. The van der Waals surface area contributed by atoms with Gasteiger partial charge in [-0.05, 0) is 30.2 Å². The summed E-state index contributed by atoms with van der Waals surface area (Å²) >= 11 is 0. The summed E-state index contributed by atoms with van der Waals surface area (Å²) in [4.78, 5) is 23.5. The fourth-order valence-electron chi connectivity index (χ4n) is 5.06. The number of nitrogens with zero attached hydrogens (tertiary/aromatic N) is 3. The lowest BCUT2D eigenvalue weighted by Gasteiger charge is -2.22. The van der Waals surface area contributed by atoms with Crippen molar-refractivity contribution in [1.82, 2.24) is 14.9 Å². The van der Waals surface area contributed by atoms with Crippen LogP contribution in [0.5, 0.6) is 0 Å². The van der Waals surface area contributed by atoms with Crippen molar-refractivity contribution in [3.63, 3.8) is 0 Å². The third-order valence-corrected chi connectivity index (χ3v) is 7.04. The molecule has 196 valence electrons. The van der Waals surface area contributed by atoms with Crippen LogP contribution in [0.1, 0.15) is 24.0 Å². The number of alkyl halides is 3. The van der Waals surface area contributed by atoms with Crippen molar-refractivity contribution in [2.24, 2.45) is 5.92 Å². The van der Waals surface area contributed by atoms with E-state index < -0.39 is 11.7 Å². The molecule has 0 saturated carbocycles. The topological polar surface area (TPSA) is 76.6 Å². The minimum Gasteiger partial charge on any atom is -0.380 e. The Labute approximate surface area is 213 Å². The van der Waals surface area contributed by atoms with Crippen molar-refractivity contribution in [2.75, 3.05) is 38.2 Å². The van der Waals surface area contributed by atoms with Crippen molar-refractivity contribution in [3.05, 3.63) is 66.0 Å². The van der Waals surface area contributed by atoms with Crippen LogP contribution in [0, 0.1) is 5.92 Å². The molecule has 2 saturated heterocycles. The highest BCUT2D eigenvalue weighted by atomic mass is 19.4. The minimum absolute atomic E-state index is 0.0117. The van der Waals surface area contributed by atoms with Crippen LogP contribution in [-0.4, -0.2) is 65.6 Å². The van der Waals surface area contributed by atoms with Crippen molar-refractivity contribution < 1.29 is 27.4 Å². The molecule has 37 heavy (non-hydrogen) atoms. The Morgan fingerprint density at radius 2 is 1.97 bits per heavy atom. The molecule has 0 amide bonds. The Morgan fingerprint density at radius 3 is 2.73 bits per heavy atom. The molecule has 1 aromatic heterocycles. The standard InChI is InChI=1S/C27H29F3N4O3/c28-27(29,30)20-6-7-24-23(11-20)26(33-17-32-24)31-12-22(35)10-19-13-34(21-8-9-36-16-21)14-25(19)37-15-18-4-2-1-3-5-18/h1-7,11,17,19,21,25H,8-10,12-16H2,(H,31,32,33)/t19?,21?,25-/m0/s1. The maximum absolute atomic E-state index is 13.2. The molecule has 10 heteroatoms. The number of aromatic nitrogens is 2. The minimum atomic E-state index is -4.48. The average molecular weight is 515 g/mol. The maximum Gasteiger partial charge on any atom is 0.416 e. The van der Waals surface area contributed by atoms with E-state index in [1.54, 1.807) is 0 Å². The van der Waals surface area contributed by atoms with Gasteiger partial charge in [0, 0.05) is 43.5 Å². The molecule has 2 aliphatic heterocycles. The Kier molecular flexibility index (Phi) is 7.68. The van der Waals surface area contributed by atoms with Gasteiger partial charge in [0.05, 0.1) is 36.9 Å². The molecule has 0 aliphatic carbocycles. The van der Waals surface area contributed by atoms with Gasteiger partial charge >= 0.3 is 6.18 Å². The number of anilines is 1. The van der Waals surface area contributed by atoms with Gasteiger partial charge in [-0.2, -0.15) is 13.2 Å². The lowest BCUT2D eigenvalue weighted by Crippen LogP contribution is -2.34. The number of ether oxygens (including phenoxy) is 2. The molecule has 0 spiro atoms. The van der Waals surface area contributed by atoms with E-state index >= 15 is 0 Å². The molecule has 2 fully saturated rings. The average Bonchev–Trinajstić information content (AvgIpc) is 3.56. The van der Waals surface area contributed by atoms with Crippen molar-refractivity contribution >= 4 is 22.5 Å². The van der Waals surface area contributed by atoms with E-state index in [0.29, 0.717) is 31.2 Å². The van der Waals surface area contributed by atoms with E-state index in [0.717, 1.165) is 43.8 Å². The summed E-state index contributed by atoms with van der Waals surface area (Å²) in [5, 5.41) is 3.16. The van der Waals surface area contributed by atoms with Gasteiger partial charge in [0.15, 0.2) is 5.78 Å². The molecule has 0 bridgehead atoms. The summed E-state index contributed by atoms with van der Waals surface area (Å²) in [7, 11) is 0. The third kappa shape index (κ3) is 6.26. The number of benzene rings is 2. The van der Waals surface area contributed by atoms with E-state index in [9.17, 15) is 18.0 Å². The number of fused-ring (bicyclic) bond motifs is 1. The molecule has 7 nitrogen and oxygen atoms in total. The molecule has 2 aromatic carbocycles. The summed E-state index contributed by atoms with van der Waals surface area (Å²) < 4.78 is 51.4. The number of likely N-dealkylation sites (tertiary alicyclic amines) is 1. The number of hydrogen-bond donors (Lipinski definition) is 1. The van der Waals surface area contributed by atoms with Gasteiger partial charge < -0.3 is 14.8 Å². The van der Waals surface area contributed by atoms with Gasteiger partial charge in [-0.15, -0.1) is 0 Å². The quantitative estimate of drug-likeness (QED) is 0.456. The summed E-state index contributed by atoms with van der Waals surface area (Å²) in [6, 6.07) is 13.6. The normalized spacial score (nSPS) is 22.5. The third-order valence-electron chi connectivity index (χ3n) is 7.04. The van der Waals surface area contributed by atoms with Crippen LogP contribution >= 0.6 is 0 Å². The van der Waals surface area contributed by atoms with Gasteiger partial charge in [-0.3, -0.25) is 9.69 Å². The predicted octanol–water partition coefficient (Wildman–Crippen LogP) is 4.33. The highest BCUT2D eigenvalue weighted by Gasteiger charge is 2.39. The first kappa shape index (κ1) is 25.6. The van der Waals surface area contributed by atoms with Crippen molar-refractivity contribution in [1.29, 1.82) is 0 Å². The molecule has 3 atom stereocenters. The molecule has 2 aliphatic rings. The van der Waals surface area contributed by atoms with Gasteiger partial charge in [0.2, 0.25) is 0 Å². The first-order valence-corrected chi connectivity index (χ1v) is 12.4. The van der Waals surface area contributed by atoms with E-state index in [4.69, 9.17) is 9.47 Å². The van der Waals surface area contributed by atoms with Crippen molar-refractivity contribution in [3.8, 4) is 0 Å². The second-order valence-electron chi connectivity index (χ2n) is 9.61. The molecule has 1 N–H and O–H groups in total. The number of halogens is 3. The van der Waals surface area contributed by atoms with Gasteiger partial charge in [-0.1, -0.05) is 30.3 Å². The first-order valence-electron chi connectivity index (χ1n) is 12.4. The van der Waals surface area contributed by atoms with Crippen LogP contribution in [0.4, 0.5) is 19.0 Å². The Morgan fingerprint density at radius 1 is 1.14 bits per heavy atom. The van der Waals surface area contributed by atoms with Crippen LogP contribution in [0.15, 0.2) is 54.9 Å². The number of nitrogens with one attached hydrogen (secondary N) is 1. The molecule has 3 heterocycles. The Balaban J connectivity index is 1.24. The number of ketones is 1. The van der Waals surface area contributed by atoms with E-state index in [1.165, 1.54) is 12.4 Å². The summed E-state index contributed by atoms with van der Waals surface area (Å²) in [6.07, 6.45) is -2.04. The highest BCUT2D eigenvalue weighted by molar-refractivity contribution is 5.91. The fraction of sp³-hybridized carbons (Fsp3) is 0.444.